The smallest absolute Gasteiger partial charge is 0.00975 e. The minimum Gasteiger partial charge on any atom is -0.301 e. The molecule has 1 nitrogen and oxygen atoms in total. The quantitative estimate of drug-likeness (QED) is 0.628. The van der Waals surface area contributed by atoms with E-state index >= 15 is 0 Å². The highest BCUT2D eigenvalue weighted by atomic mass is 15.1. The summed E-state index contributed by atoms with van der Waals surface area (Å²) in [5, 5.41) is 0. The van der Waals surface area contributed by atoms with Gasteiger partial charge in [0, 0.05) is 6.04 Å². The molecular formula is C11H23N. The van der Waals surface area contributed by atoms with Gasteiger partial charge in [0.1, 0.15) is 0 Å². The van der Waals surface area contributed by atoms with Gasteiger partial charge < -0.3 is 4.90 Å². The van der Waals surface area contributed by atoms with E-state index in [4.69, 9.17) is 0 Å². The highest BCUT2D eigenvalue weighted by molar-refractivity contribution is 4.77. The van der Waals surface area contributed by atoms with Gasteiger partial charge in [0.05, 0.1) is 0 Å². The van der Waals surface area contributed by atoms with Crippen molar-refractivity contribution in [1.82, 2.24) is 4.90 Å². The van der Waals surface area contributed by atoms with Crippen molar-refractivity contribution in [2.45, 2.75) is 52.5 Å². The first-order valence-electron chi connectivity index (χ1n) is 5.52. The molecule has 0 aromatic rings. The first kappa shape index (κ1) is 10.0. The summed E-state index contributed by atoms with van der Waals surface area (Å²) in [4.78, 5) is 2.62. The SMILES string of the molecule is CCN(CC)C1CCCC(C)C1. The molecule has 1 aliphatic carbocycles. The lowest BCUT2D eigenvalue weighted by Gasteiger charge is -2.35. The van der Waals surface area contributed by atoms with E-state index in [1.54, 1.807) is 0 Å². The van der Waals surface area contributed by atoms with Gasteiger partial charge in [-0.1, -0.05) is 33.6 Å². The molecule has 1 heteroatoms. The third-order valence-corrected chi connectivity index (χ3v) is 3.24. The third kappa shape index (κ3) is 2.48. The minimum atomic E-state index is 0.892. The van der Waals surface area contributed by atoms with Gasteiger partial charge in [0.25, 0.3) is 0 Å². The lowest BCUT2D eigenvalue weighted by molar-refractivity contribution is 0.147. The molecule has 0 aromatic heterocycles. The molecular weight excluding hydrogens is 146 g/mol. The van der Waals surface area contributed by atoms with Crippen LogP contribution in [0.1, 0.15) is 46.5 Å². The standard InChI is InChI=1S/C11H23N/c1-4-12(5-2)11-8-6-7-10(3)9-11/h10-11H,4-9H2,1-3H3. The molecule has 0 spiro atoms. The Hall–Kier alpha value is -0.0400. The van der Waals surface area contributed by atoms with E-state index in [-0.39, 0.29) is 0 Å². The second-order valence-corrected chi connectivity index (χ2v) is 4.15. The van der Waals surface area contributed by atoms with Crippen LogP contribution in [0.25, 0.3) is 0 Å². The van der Waals surface area contributed by atoms with Crippen LogP contribution in [-0.4, -0.2) is 24.0 Å². The zero-order chi connectivity index (χ0) is 8.97. The number of hydrogen-bond donors (Lipinski definition) is 0. The monoisotopic (exact) mass is 169 g/mol. The van der Waals surface area contributed by atoms with Gasteiger partial charge in [-0.15, -0.1) is 0 Å². The minimum absolute atomic E-state index is 0.892. The van der Waals surface area contributed by atoms with Gasteiger partial charge in [-0.25, -0.2) is 0 Å². The number of rotatable bonds is 3. The Kier molecular flexibility index (Phi) is 4.07. The van der Waals surface area contributed by atoms with Crippen LogP contribution in [0.15, 0.2) is 0 Å². The summed E-state index contributed by atoms with van der Waals surface area (Å²) >= 11 is 0. The molecule has 0 heterocycles. The highest BCUT2D eigenvalue weighted by Crippen LogP contribution is 2.26. The predicted molar refractivity (Wildman–Crippen MR) is 54.3 cm³/mol. The lowest BCUT2D eigenvalue weighted by Crippen LogP contribution is -2.38. The molecule has 1 aliphatic rings. The van der Waals surface area contributed by atoms with Gasteiger partial charge >= 0.3 is 0 Å². The topological polar surface area (TPSA) is 3.24 Å². The van der Waals surface area contributed by atoms with E-state index in [9.17, 15) is 0 Å². The van der Waals surface area contributed by atoms with Crippen molar-refractivity contribution in [3.05, 3.63) is 0 Å². The van der Waals surface area contributed by atoms with Crippen molar-refractivity contribution in [1.29, 1.82) is 0 Å². The first-order valence-corrected chi connectivity index (χ1v) is 5.52. The molecule has 12 heavy (non-hydrogen) atoms. The normalized spacial score (nSPS) is 31.0. The van der Waals surface area contributed by atoms with Crippen molar-refractivity contribution < 1.29 is 0 Å². The summed E-state index contributed by atoms with van der Waals surface area (Å²) in [5.41, 5.74) is 0. The van der Waals surface area contributed by atoms with Crippen LogP contribution in [-0.2, 0) is 0 Å². The fraction of sp³-hybridized carbons (Fsp3) is 1.00. The van der Waals surface area contributed by atoms with Crippen molar-refractivity contribution in [3.8, 4) is 0 Å². The molecule has 2 atom stereocenters. The predicted octanol–water partition coefficient (Wildman–Crippen LogP) is 2.91. The molecule has 72 valence electrons. The Morgan fingerprint density at radius 2 is 1.83 bits per heavy atom. The highest BCUT2D eigenvalue weighted by Gasteiger charge is 2.22. The summed E-state index contributed by atoms with van der Waals surface area (Å²) in [6, 6.07) is 0.892. The van der Waals surface area contributed by atoms with E-state index in [0.717, 1.165) is 12.0 Å². The van der Waals surface area contributed by atoms with Crippen LogP contribution in [0.4, 0.5) is 0 Å². The molecule has 0 aromatic carbocycles. The zero-order valence-corrected chi connectivity index (χ0v) is 8.84. The summed E-state index contributed by atoms with van der Waals surface area (Å²) in [6.07, 6.45) is 5.77. The van der Waals surface area contributed by atoms with E-state index < -0.39 is 0 Å². The Balaban J connectivity index is 2.38. The maximum absolute atomic E-state index is 2.62. The average molecular weight is 169 g/mol. The van der Waals surface area contributed by atoms with Gasteiger partial charge in [0.2, 0.25) is 0 Å². The van der Waals surface area contributed by atoms with E-state index in [2.05, 4.69) is 25.7 Å². The maximum atomic E-state index is 2.62. The van der Waals surface area contributed by atoms with Crippen LogP contribution in [0.2, 0.25) is 0 Å². The fourth-order valence-electron chi connectivity index (χ4n) is 2.47. The molecule has 1 fully saturated rings. The van der Waals surface area contributed by atoms with Gasteiger partial charge in [-0.05, 0) is 31.8 Å². The van der Waals surface area contributed by atoms with Gasteiger partial charge in [0.15, 0.2) is 0 Å². The molecule has 0 saturated heterocycles. The van der Waals surface area contributed by atoms with Crippen LogP contribution >= 0.6 is 0 Å². The fourth-order valence-corrected chi connectivity index (χ4v) is 2.47. The summed E-state index contributed by atoms with van der Waals surface area (Å²) < 4.78 is 0. The maximum Gasteiger partial charge on any atom is 0.00975 e. The molecule has 1 rings (SSSR count). The number of nitrogens with zero attached hydrogens (tertiary/aromatic N) is 1. The Labute approximate surface area is 77.1 Å². The summed E-state index contributed by atoms with van der Waals surface area (Å²) in [5.74, 6) is 0.962. The molecule has 0 aliphatic heterocycles. The summed E-state index contributed by atoms with van der Waals surface area (Å²) in [7, 11) is 0. The van der Waals surface area contributed by atoms with Crippen LogP contribution in [0, 0.1) is 5.92 Å². The van der Waals surface area contributed by atoms with Crippen molar-refractivity contribution in [2.24, 2.45) is 5.92 Å². The van der Waals surface area contributed by atoms with E-state index in [1.165, 1.54) is 38.8 Å². The Morgan fingerprint density at radius 3 is 2.33 bits per heavy atom. The molecule has 1 saturated carbocycles. The first-order chi connectivity index (χ1) is 5.77. The van der Waals surface area contributed by atoms with Crippen LogP contribution < -0.4 is 0 Å². The molecule has 0 bridgehead atoms. The molecule has 2 unspecified atom stereocenters. The number of hydrogen-bond acceptors (Lipinski definition) is 1. The van der Waals surface area contributed by atoms with Gasteiger partial charge in [-0.3, -0.25) is 0 Å². The van der Waals surface area contributed by atoms with E-state index in [1.807, 2.05) is 0 Å². The third-order valence-electron chi connectivity index (χ3n) is 3.24. The molecule has 0 N–H and O–H groups in total. The van der Waals surface area contributed by atoms with Gasteiger partial charge in [-0.2, -0.15) is 0 Å². The summed E-state index contributed by atoms with van der Waals surface area (Å²) in [6.45, 7) is 9.42. The molecule has 0 radical (unpaired) electrons. The van der Waals surface area contributed by atoms with Crippen LogP contribution in [0.5, 0.6) is 0 Å². The second-order valence-electron chi connectivity index (χ2n) is 4.15. The van der Waals surface area contributed by atoms with Crippen molar-refractivity contribution in [2.75, 3.05) is 13.1 Å². The van der Waals surface area contributed by atoms with Crippen LogP contribution in [0.3, 0.4) is 0 Å². The Morgan fingerprint density at radius 1 is 1.17 bits per heavy atom. The largest absolute Gasteiger partial charge is 0.301 e. The molecule has 0 amide bonds. The van der Waals surface area contributed by atoms with Crippen molar-refractivity contribution in [3.63, 3.8) is 0 Å². The van der Waals surface area contributed by atoms with Crippen molar-refractivity contribution >= 4 is 0 Å². The van der Waals surface area contributed by atoms with E-state index in [0.29, 0.717) is 0 Å². The Bertz CT molecular complexity index is 118. The lowest BCUT2D eigenvalue weighted by atomic mass is 9.86. The zero-order valence-electron chi connectivity index (χ0n) is 8.84. The average Bonchev–Trinajstić information content (AvgIpc) is 2.07. The second kappa shape index (κ2) is 4.86.